The van der Waals surface area contributed by atoms with Gasteiger partial charge >= 0.3 is 0 Å². The normalized spacial score (nSPS) is 17.3. The Hall–Kier alpha value is -1.49. The van der Waals surface area contributed by atoms with Crippen LogP contribution >= 0.6 is 23.4 Å². The van der Waals surface area contributed by atoms with Gasteiger partial charge in [-0.1, -0.05) is 47.6 Å². The van der Waals surface area contributed by atoms with Crippen LogP contribution in [0.2, 0.25) is 5.02 Å². The van der Waals surface area contributed by atoms with E-state index in [1.165, 1.54) is 10.5 Å². The molecule has 1 saturated heterocycles. The molecule has 0 atom stereocenters. The molecular formula is C17H16ClN3S. The fourth-order valence-electron chi connectivity index (χ4n) is 2.83. The van der Waals surface area contributed by atoms with Gasteiger partial charge in [0.2, 0.25) is 0 Å². The van der Waals surface area contributed by atoms with E-state index in [0.29, 0.717) is 5.02 Å². The van der Waals surface area contributed by atoms with Crippen LogP contribution in [0.5, 0.6) is 0 Å². The van der Waals surface area contributed by atoms with Crippen LogP contribution in [0, 0.1) is 0 Å². The second-order valence-corrected chi connectivity index (χ2v) is 6.85. The van der Waals surface area contributed by atoms with Gasteiger partial charge in [-0.25, -0.2) is 4.99 Å². The third-order valence-electron chi connectivity index (χ3n) is 3.93. The van der Waals surface area contributed by atoms with Gasteiger partial charge in [0.15, 0.2) is 0 Å². The van der Waals surface area contributed by atoms with Gasteiger partial charge in [-0.2, -0.15) is 0 Å². The molecule has 22 heavy (non-hydrogen) atoms. The monoisotopic (exact) mass is 329 g/mol. The Kier molecular flexibility index (Phi) is 3.82. The molecule has 2 aliphatic rings. The number of amidine groups is 1. The van der Waals surface area contributed by atoms with Crippen LogP contribution < -0.4 is 5.32 Å². The van der Waals surface area contributed by atoms with Gasteiger partial charge in [0.1, 0.15) is 5.84 Å². The largest absolute Gasteiger partial charge is 0.354 e. The SMILES string of the molecule is Clc1cccc2c1N=C(N1CCNCC1)c1ccccc1S2. The molecular weight excluding hydrogens is 314 g/mol. The number of aliphatic imine (C=N–C) groups is 1. The van der Waals surface area contributed by atoms with Crippen molar-refractivity contribution in [3.63, 3.8) is 0 Å². The van der Waals surface area contributed by atoms with E-state index in [4.69, 9.17) is 16.6 Å². The van der Waals surface area contributed by atoms with E-state index in [0.717, 1.165) is 42.6 Å². The van der Waals surface area contributed by atoms with Crippen molar-refractivity contribution in [2.45, 2.75) is 9.79 Å². The summed E-state index contributed by atoms with van der Waals surface area (Å²) in [5, 5.41) is 4.11. The second kappa shape index (κ2) is 5.95. The summed E-state index contributed by atoms with van der Waals surface area (Å²) in [6, 6.07) is 14.5. The Bertz CT molecular complexity index is 738. The van der Waals surface area contributed by atoms with Crippen molar-refractivity contribution < 1.29 is 0 Å². The minimum absolute atomic E-state index is 0.713. The number of nitrogens with zero attached hydrogens (tertiary/aromatic N) is 2. The van der Waals surface area contributed by atoms with Crippen molar-refractivity contribution in [2.75, 3.05) is 26.2 Å². The van der Waals surface area contributed by atoms with Crippen molar-refractivity contribution in [1.82, 2.24) is 10.2 Å². The first-order valence-electron chi connectivity index (χ1n) is 7.43. The molecule has 2 aromatic rings. The van der Waals surface area contributed by atoms with Crippen LogP contribution in [-0.2, 0) is 0 Å². The maximum Gasteiger partial charge on any atom is 0.137 e. The number of fused-ring (bicyclic) bond motifs is 2. The van der Waals surface area contributed by atoms with Crippen LogP contribution in [0.1, 0.15) is 5.56 Å². The lowest BCUT2D eigenvalue weighted by Gasteiger charge is -2.30. The highest BCUT2D eigenvalue weighted by atomic mass is 35.5. The van der Waals surface area contributed by atoms with Crippen molar-refractivity contribution in [3.8, 4) is 0 Å². The third-order valence-corrected chi connectivity index (χ3v) is 5.36. The Morgan fingerprint density at radius 2 is 1.77 bits per heavy atom. The van der Waals surface area contributed by atoms with Gasteiger partial charge in [-0.3, -0.25) is 0 Å². The van der Waals surface area contributed by atoms with Gasteiger partial charge in [0.05, 0.1) is 10.7 Å². The molecule has 0 amide bonds. The molecule has 1 N–H and O–H groups in total. The van der Waals surface area contributed by atoms with Crippen LogP contribution in [0.15, 0.2) is 57.2 Å². The lowest BCUT2D eigenvalue weighted by molar-refractivity contribution is 0.358. The van der Waals surface area contributed by atoms with E-state index in [9.17, 15) is 0 Å². The molecule has 4 rings (SSSR count). The van der Waals surface area contributed by atoms with Gasteiger partial charge in [-0.05, 0) is 18.2 Å². The highest BCUT2D eigenvalue weighted by Crippen LogP contribution is 2.43. The number of hydrogen-bond acceptors (Lipinski definition) is 4. The van der Waals surface area contributed by atoms with Crippen LogP contribution in [0.3, 0.4) is 0 Å². The molecule has 0 saturated carbocycles. The maximum atomic E-state index is 6.41. The van der Waals surface area contributed by atoms with Gasteiger partial charge in [0, 0.05) is 41.5 Å². The number of para-hydroxylation sites is 1. The lowest BCUT2D eigenvalue weighted by Crippen LogP contribution is -2.46. The van der Waals surface area contributed by atoms with E-state index in [-0.39, 0.29) is 0 Å². The average molecular weight is 330 g/mol. The summed E-state index contributed by atoms with van der Waals surface area (Å²) in [7, 11) is 0. The number of rotatable bonds is 0. The first kappa shape index (κ1) is 14.1. The predicted octanol–water partition coefficient (Wildman–Crippen LogP) is 3.79. The highest BCUT2D eigenvalue weighted by Gasteiger charge is 2.23. The molecule has 2 aromatic carbocycles. The van der Waals surface area contributed by atoms with E-state index in [1.807, 2.05) is 12.1 Å². The molecule has 0 bridgehead atoms. The zero-order valence-corrected chi connectivity index (χ0v) is 13.6. The molecule has 0 unspecified atom stereocenters. The summed E-state index contributed by atoms with van der Waals surface area (Å²) in [6.07, 6.45) is 0. The summed E-state index contributed by atoms with van der Waals surface area (Å²) in [6.45, 7) is 3.92. The van der Waals surface area contributed by atoms with E-state index in [2.05, 4.69) is 40.5 Å². The lowest BCUT2D eigenvalue weighted by atomic mass is 10.1. The van der Waals surface area contributed by atoms with Gasteiger partial charge in [-0.15, -0.1) is 0 Å². The average Bonchev–Trinajstić information content (AvgIpc) is 2.73. The minimum atomic E-state index is 0.713. The van der Waals surface area contributed by atoms with E-state index < -0.39 is 0 Å². The van der Waals surface area contributed by atoms with Crippen molar-refractivity contribution >= 4 is 34.9 Å². The zero-order chi connectivity index (χ0) is 14.9. The molecule has 2 aliphatic heterocycles. The molecule has 112 valence electrons. The Morgan fingerprint density at radius 1 is 1.00 bits per heavy atom. The fraction of sp³-hybridized carbons (Fsp3) is 0.235. The first-order valence-corrected chi connectivity index (χ1v) is 8.62. The second-order valence-electron chi connectivity index (χ2n) is 5.36. The molecule has 0 radical (unpaired) electrons. The van der Waals surface area contributed by atoms with Crippen LogP contribution in [0.4, 0.5) is 5.69 Å². The van der Waals surface area contributed by atoms with E-state index >= 15 is 0 Å². The molecule has 2 heterocycles. The maximum absolute atomic E-state index is 6.41. The van der Waals surface area contributed by atoms with Gasteiger partial charge in [0.25, 0.3) is 0 Å². The van der Waals surface area contributed by atoms with Crippen molar-refractivity contribution in [1.29, 1.82) is 0 Å². The summed E-state index contributed by atoms with van der Waals surface area (Å²) in [4.78, 5) is 9.67. The van der Waals surface area contributed by atoms with Crippen molar-refractivity contribution in [2.24, 2.45) is 4.99 Å². The number of piperazine rings is 1. The van der Waals surface area contributed by atoms with Gasteiger partial charge < -0.3 is 10.2 Å². The molecule has 0 spiro atoms. The number of benzene rings is 2. The summed E-state index contributed by atoms with van der Waals surface area (Å²) in [5.74, 6) is 1.04. The number of halogens is 1. The smallest absolute Gasteiger partial charge is 0.137 e. The summed E-state index contributed by atoms with van der Waals surface area (Å²) < 4.78 is 0. The highest BCUT2D eigenvalue weighted by molar-refractivity contribution is 7.99. The topological polar surface area (TPSA) is 27.6 Å². The zero-order valence-electron chi connectivity index (χ0n) is 12.1. The standard InChI is InChI=1S/C17H16ClN3S/c18-13-5-3-7-15-16(13)20-17(21-10-8-19-9-11-21)12-4-1-2-6-14(12)22-15/h1-7,19H,8-11H2. The van der Waals surface area contributed by atoms with Crippen LogP contribution in [-0.4, -0.2) is 36.9 Å². The quantitative estimate of drug-likeness (QED) is 0.797. The first-order chi connectivity index (χ1) is 10.8. The van der Waals surface area contributed by atoms with Crippen molar-refractivity contribution in [3.05, 3.63) is 53.1 Å². The Labute approximate surface area is 139 Å². The number of hydrogen-bond donors (Lipinski definition) is 1. The Morgan fingerprint density at radius 3 is 2.64 bits per heavy atom. The molecule has 0 aliphatic carbocycles. The predicted molar refractivity (Wildman–Crippen MR) is 92.7 cm³/mol. The summed E-state index contributed by atoms with van der Waals surface area (Å²) >= 11 is 8.15. The minimum Gasteiger partial charge on any atom is -0.354 e. The molecule has 0 aromatic heterocycles. The molecule has 5 heteroatoms. The van der Waals surface area contributed by atoms with Crippen LogP contribution in [0.25, 0.3) is 0 Å². The number of nitrogens with one attached hydrogen (secondary N) is 1. The Balaban J connectivity index is 1.90. The fourth-order valence-corrected chi connectivity index (χ4v) is 4.15. The summed E-state index contributed by atoms with van der Waals surface area (Å²) in [5.41, 5.74) is 2.08. The third kappa shape index (κ3) is 2.51. The molecule has 3 nitrogen and oxygen atoms in total. The van der Waals surface area contributed by atoms with E-state index in [1.54, 1.807) is 11.8 Å². The molecule has 1 fully saturated rings.